The molecule has 0 aliphatic heterocycles. The molecule has 154 valence electrons. The Kier molecular flexibility index (Phi) is 4.82. The fourth-order valence-corrected chi connectivity index (χ4v) is 4.86. The number of benzene rings is 1. The molecule has 0 amide bonds. The number of aromatic nitrogens is 5. The predicted molar refractivity (Wildman–Crippen MR) is 119 cm³/mol. The van der Waals surface area contributed by atoms with Crippen LogP contribution in [0.25, 0.3) is 27.8 Å². The van der Waals surface area contributed by atoms with Gasteiger partial charge in [0, 0.05) is 17.3 Å². The van der Waals surface area contributed by atoms with Crippen LogP contribution in [-0.2, 0) is 6.42 Å². The quantitative estimate of drug-likeness (QED) is 0.463. The summed E-state index contributed by atoms with van der Waals surface area (Å²) in [7, 11) is 0. The van der Waals surface area contributed by atoms with Gasteiger partial charge in [-0.2, -0.15) is 5.10 Å². The summed E-state index contributed by atoms with van der Waals surface area (Å²) in [6.45, 7) is 4.29. The van der Waals surface area contributed by atoms with E-state index in [1.807, 2.05) is 41.1 Å². The van der Waals surface area contributed by atoms with Crippen molar-refractivity contribution in [2.45, 2.75) is 52.0 Å². The molecule has 3 aromatic heterocycles. The monoisotopic (exact) mass is 421 g/mol. The van der Waals surface area contributed by atoms with Crippen molar-refractivity contribution in [3.8, 4) is 11.1 Å². The van der Waals surface area contributed by atoms with E-state index < -0.39 is 0 Å². The predicted octanol–water partition coefficient (Wildman–Crippen LogP) is 5.07. The molecule has 1 aliphatic rings. The van der Waals surface area contributed by atoms with Gasteiger partial charge in [-0.05, 0) is 48.9 Å². The van der Waals surface area contributed by atoms with E-state index in [0.29, 0.717) is 27.6 Å². The van der Waals surface area contributed by atoms with Crippen molar-refractivity contribution in [1.29, 1.82) is 0 Å². The number of hydrogen-bond acceptors (Lipinski definition) is 4. The first-order valence-corrected chi connectivity index (χ1v) is 11.0. The lowest BCUT2D eigenvalue weighted by molar-refractivity contribution is 0.253. The Hall–Kier alpha value is -2.73. The third kappa shape index (κ3) is 3.01. The standard InChI is InChI=1S/C23H24ClN5O/c1-3-17-20(15-8-10-16(24)11-9-15)22-26-25-21-19(29(22)27-17)12-13-28(23(21)30)18-7-5-4-6-14(18)2/h8-14,18H,3-7H2,1-2H3. The van der Waals surface area contributed by atoms with Gasteiger partial charge in [0.05, 0.1) is 11.3 Å². The third-order valence-corrected chi connectivity index (χ3v) is 6.62. The van der Waals surface area contributed by atoms with Crippen molar-refractivity contribution >= 4 is 28.3 Å². The summed E-state index contributed by atoms with van der Waals surface area (Å²) in [6.07, 6.45) is 7.25. The Morgan fingerprint density at radius 1 is 1.10 bits per heavy atom. The number of hydrogen-bond donors (Lipinski definition) is 0. The van der Waals surface area contributed by atoms with Crippen LogP contribution >= 0.6 is 11.6 Å². The number of fused-ring (bicyclic) bond motifs is 3. The van der Waals surface area contributed by atoms with E-state index in [9.17, 15) is 4.79 Å². The molecule has 1 fully saturated rings. The van der Waals surface area contributed by atoms with Gasteiger partial charge in [0.15, 0.2) is 11.2 Å². The Balaban J connectivity index is 1.72. The molecule has 0 spiro atoms. The van der Waals surface area contributed by atoms with E-state index in [4.69, 9.17) is 16.7 Å². The molecule has 2 atom stereocenters. The molecule has 6 nitrogen and oxygen atoms in total. The second kappa shape index (κ2) is 7.51. The molecule has 3 heterocycles. The topological polar surface area (TPSA) is 65.1 Å². The number of rotatable bonds is 3. The first-order chi connectivity index (χ1) is 14.6. The van der Waals surface area contributed by atoms with Crippen LogP contribution in [0, 0.1) is 5.92 Å². The zero-order valence-electron chi connectivity index (χ0n) is 17.2. The Morgan fingerprint density at radius 2 is 1.87 bits per heavy atom. The third-order valence-electron chi connectivity index (χ3n) is 6.37. The van der Waals surface area contributed by atoms with Gasteiger partial charge in [-0.3, -0.25) is 4.79 Å². The van der Waals surface area contributed by atoms with E-state index in [-0.39, 0.29) is 11.6 Å². The molecule has 5 rings (SSSR count). The second-order valence-corrected chi connectivity index (χ2v) is 8.65. The van der Waals surface area contributed by atoms with Crippen molar-refractivity contribution in [3.63, 3.8) is 0 Å². The molecular weight excluding hydrogens is 398 g/mol. The molecule has 0 radical (unpaired) electrons. The lowest BCUT2D eigenvalue weighted by Gasteiger charge is -2.30. The maximum Gasteiger partial charge on any atom is 0.280 e. The number of aryl methyl sites for hydroxylation is 1. The average molecular weight is 422 g/mol. The summed E-state index contributed by atoms with van der Waals surface area (Å²) in [5.74, 6) is 0.485. The molecule has 4 aromatic rings. The number of pyridine rings is 1. The maximum atomic E-state index is 13.3. The van der Waals surface area contributed by atoms with Crippen LogP contribution < -0.4 is 5.56 Å². The van der Waals surface area contributed by atoms with E-state index in [0.717, 1.165) is 42.5 Å². The summed E-state index contributed by atoms with van der Waals surface area (Å²) >= 11 is 6.06. The minimum Gasteiger partial charge on any atom is -0.310 e. The van der Waals surface area contributed by atoms with Gasteiger partial charge in [0.1, 0.15) is 5.52 Å². The van der Waals surface area contributed by atoms with Crippen molar-refractivity contribution in [1.82, 2.24) is 24.4 Å². The molecule has 7 heteroatoms. The summed E-state index contributed by atoms with van der Waals surface area (Å²) in [5.41, 5.74) is 4.49. The lowest BCUT2D eigenvalue weighted by atomic mass is 9.85. The molecular formula is C23H24ClN5O. The Bertz CT molecular complexity index is 1290. The SMILES string of the molecule is CCc1nn2c(nnc3c(=O)n(C4CCCCC4C)ccc32)c1-c1ccc(Cl)cc1. The van der Waals surface area contributed by atoms with Crippen LogP contribution in [0.4, 0.5) is 0 Å². The van der Waals surface area contributed by atoms with Crippen molar-refractivity contribution in [2.75, 3.05) is 0 Å². The van der Waals surface area contributed by atoms with Crippen LogP contribution in [0.2, 0.25) is 5.02 Å². The highest BCUT2D eigenvalue weighted by atomic mass is 35.5. The van der Waals surface area contributed by atoms with Crippen LogP contribution in [-0.4, -0.2) is 24.4 Å². The van der Waals surface area contributed by atoms with Crippen molar-refractivity contribution in [3.05, 3.63) is 57.6 Å². The summed E-state index contributed by atoms with van der Waals surface area (Å²) < 4.78 is 3.62. The molecule has 30 heavy (non-hydrogen) atoms. The van der Waals surface area contributed by atoms with Crippen LogP contribution in [0.1, 0.15) is 51.3 Å². The molecule has 0 bridgehead atoms. The van der Waals surface area contributed by atoms with Crippen LogP contribution in [0.15, 0.2) is 41.3 Å². The molecule has 1 aliphatic carbocycles. The Morgan fingerprint density at radius 3 is 2.60 bits per heavy atom. The smallest absolute Gasteiger partial charge is 0.280 e. The summed E-state index contributed by atoms with van der Waals surface area (Å²) in [5, 5.41) is 14.3. The molecule has 1 saturated carbocycles. The zero-order chi connectivity index (χ0) is 20.8. The fraction of sp³-hybridized carbons (Fsp3) is 0.391. The lowest BCUT2D eigenvalue weighted by Crippen LogP contribution is -2.31. The highest BCUT2D eigenvalue weighted by Crippen LogP contribution is 2.33. The van der Waals surface area contributed by atoms with E-state index in [1.165, 1.54) is 6.42 Å². The first-order valence-electron chi connectivity index (χ1n) is 10.6. The fourth-order valence-electron chi connectivity index (χ4n) is 4.74. The van der Waals surface area contributed by atoms with Crippen LogP contribution in [0.3, 0.4) is 0 Å². The van der Waals surface area contributed by atoms with Crippen LogP contribution in [0.5, 0.6) is 0 Å². The van der Waals surface area contributed by atoms with Gasteiger partial charge >= 0.3 is 0 Å². The van der Waals surface area contributed by atoms with Crippen molar-refractivity contribution in [2.24, 2.45) is 5.92 Å². The van der Waals surface area contributed by atoms with Gasteiger partial charge in [-0.15, -0.1) is 10.2 Å². The summed E-state index contributed by atoms with van der Waals surface area (Å²) in [6, 6.07) is 9.83. The van der Waals surface area contributed by atoms with E-state index in [2.05, 4.69) is 24.0 Å². The normalized spacial score (nSPS) is 19.6. The first kappa shape index (κ1) is 19.2. The average Bonchev–Trinajstić information content (AvgIpc) is 3.14. The molecule has 0 saturated heterocycles. The maximum absolute atomic E-state index is 13.3. The number of nitrogens with zero attached hydrogens (tertiary/aromatic N) is 5. The van der Waals surface area contributed by atoms with Gasteiger partial charge in [-0.1, -0.05) is 50.4 Å². The summed E-state index contributed by atoms with van der Waals surface area (Å²) in [4.78, 5) is 13.3. The van der Waals surface area contributed by atoms with Gasteiger partial charge in [-0.25, -0.2) is 4.52 Å². The molecule has 2 unspecified atom stereocenters. The highest BCUT2D eigenvalue weighted by Gasteiger charge is 2.25. The second-order valence-electron chi connectivity index (χ2n) is 8.21. The van der Waals surface area contributed by atoms with Gasteiger partial charge in [0.2, 0.25) is 0 Å². The minimum absolute atomic E-state index is 0.0813. The van der Waals surface area contributed by atoms with E-state index >= 15 is 0 Å². The number of halogens is 1. The zero-order valence-corrected chi connectivity index (χ0v) is 17.9. The van der Waals surface area contributed by atoms with Gasteiger partial charge < -0.3 is 4.57 Å². The molecule has 1 aromatic carbocycles. The Labute approximate surface area is 179 Å². The largest absolute Gasteiger partial charge is 0.310 e. The highest BCUT2D eigenvalue weighted by molar-refractivity contribution is 6.30. The van der Waals surface area contributed by atoms with Crippen molar-refractivity contribution < 1.29 is 0 Å². The minimum atomic E-state index is -0.0813. The van der Waals surface area contributed by atoms with E-state index in [1.54, 1.807) is 4.52 Å². The van der Waals surface area contributed by atoms with Gasteiger partial charge in [0.25, 0.3) is 5.56 Å². The molecule has 0 N–H and O–H groups in total.